The Morgan fingerprint density at radius 2 is 2.00 bits per heavy atom. The number of halogens is 3. The minimum absolute atomic E-state index is 0.0243. The number of carbonyl (C=O) groups is 1. The van der Waals surface area contributed by atoms with Crippen LogP contribution >= 0.6 is 0 Å². The van der Waals surface area contributed by atoms with Gasteiger partial charge in [0.1, 0.15) is 17.9 Å². The lowest BCUT2D eigenvalue weighted by molar-refractivity contribution is -0.274. The first-order chi connectivity index (χ1) is 15.2. The van der Waals surface area contributed by atoms with Crippen molar-refractivity contribution in [3.63, 3.8) is 0 Å². The number of fused-ring (bicyclic) bond motifs is 2. The second kappa shape index (κ2) is 8.48. The maximum atomic E-state index is 12.4. The van der Waals surface area contributed by atoms with E-state index in [-0.39, 0.29) is 37.2 Å². The molecule has 0 spiro atoms. The number of aryl methyl sites for hydroxylation is 1. The van der Waals surface area contributed by atoms with Gasteiger partial charge in [-0.1, -0.05) is 0 Å². The number of anilines is 2. The van der Waals surface area contributed by atoms with E-state index in [2.05, 4.69) is 20.0 Å². The number of oxazole rings is 1. The van der Waals surface area contributed by atoms with Crippen molar-refractivity contribution in [1.29, 1.82) is 0 Å². The molecule has 2 aromatic carbocycles. The molecule has 9 nitrogen and oxygen atoms in total. The molecule has 0 saturated carbocycles. The molecule has 2 heterocycles. The molecule has 0 amide bonds. The van der Waals surface area contributed by atoms with Crippen LogP contribution in [-0.2, 0) is 11.8 Å². The van der Waals surface area contributed by atoms with Crippen molar-refractivity contribution in [2.24, 2.45) is 7.05 Å². The fourth-order valence-corrected chi connectivity index (χ4v) is 3.05. The van der Waals surface area contributed by atoms with Crippen LogP contribution in [0.5, 0.6) is 5.75 Å². The predicted molar refractivity (Wildman–Crippen MR) is 107 cm³/mol. The van der Waals surface area contributed by atoms with E-state index in [1.54, 1.807) is 29.8 Å². The van der Waals surface area contributed by atoms with Crippen molar-refractivity contribution in [2.45, 2.75) is 6.36 Å². The van der Waals surface area contributed by atoms with Crippen LogP contribution in [0.4, 0.5) is 25.1 Å². The van der Waals surface area contributed by atoms with Gasteiger partial charge in [-0.15, -0.1) is 13.2 Å². The molecule has 32 heavy (non-hydrogen) atoms. The standard InChI is InChI=1S/C20H17F3N4O5/c1-27-15-5-2-11(16(29)10-30-7-6-28)8-14(15)24-18(27)26-19-25-13-4-3-12(9-17(13)31-19)32-20(21,22)23/h2-5,8-9,28H,6-7,10H2,1H3,(H,24,25,26). The van der Waals surface area contributed by atoms with Gasteiger partial charge < -0.3 is 23.6 Å². The van der Waals surface area contributed by atoms with Crippen LogP contribution in [0.25, 0.3) is 22.1 Å². The first-order valence-electron chi connectivity index (χ1n) is 9.35. The SMILES string of the molecule is Cn1c(Nc2nc3ccc(OC(F)(F)F)cc3o2)nc2cc(C(=O)COCCO)ccc21. The number of ether oxygens (including phenoxy) is 2. The topological polar surface area (TPSA) is 112 Å². The Morgan fingerprint density at radius 3 is 2.75 bits per heavy atom. The van der Waals surface area contributed by atoms with Gasteiger partial charge in [-0.3, -0.25) is 10.1 Å². The zero-order chi connectivity index (χ0) is 22.9. The second-order valence-corrected chi connectivity index (χ2v) is 6.72. The molecule has 12 heteroatoms. The van der Waals surface area contributed by atoms with E-state index in [1.165, 1.54) is 6.07 Å². The molecule has 0 atom stereocenters. The third-order valence-electron chi connectivity index (χ3n) is 4.48. The maximum Gasteiger partial charge on any atom is 0.573 e. The number of aromatic nitrogens is 3. The summed E-state index contributed by atoms with van der Waals surface area (Å²) in [5, 5.41) is 11.6. The van der Waals surface area contributed by atoms with Crippen LogP contribution in [-0.4, -0.2) is 51.6 Å². The lowest BCUT2D eigenvalue weighted by Crippen LogP contribution is -2.16. The van der Waals surface area contributed by atoms with Crippen molar-refractivity contribution >= 4 is 39.9 Å². The summed E-state index contributed by atoms with van der Waals surface area (Å²) >= 11 is 0. The van der Waals surface area contributed by atoms with Crippen molar-refractivity contribution in [3.8, 4) is 5.75 Å². The lowest BCUT2D eigenvalue weighted by Gasteiger charge is -2.07. The van der Waals surface area contributed by atoms with Crippen LogP contribution in [0.2, 0.25) is 0 Å². The predicted octanol–water partition coefficient (Wildman–Crippen LogP) is 3.55. The molecule has 4 rings (SSSR count). The molecule has 0 saturated heterocycles. The lowest BCUT2D eigenvalue weighted by atomic mass is 10.1. The number of aliphatic hydroxyl groups is 1. The monoisotopic (exact) mass is 450 g/mol. The number of aliphatic hydroxyl groups excluding tert-OH is 1. The van der Waals surface area contributed by atoms with Gasteiger partial charge in [0, 0.05) is 18.7 Å². The molecule has 0 bridgehead atoms. The number of Topliss-reactive ketones (excluding diaryl/α,β-unsaturated/α-hetero) is 1. The van der Waals surface area contributed by atoms with Crippen LogP contribution in [0, 0.1) is 0 Å². The molecule has 0 aliphatic carbocycles. The van der Waals surface area contributed by atoms with Crippen LogP contribution < -0.4 is 10.1 Å². The van der Waals surface area contributed by atoms with Crippen LogP contribution in [0.3, 0.4) is 0 Å². The number of imidazole rings is 1. The molecule has 2 N–H and O–H groups in total. The summed E-state index contributed by atoms with van der Waals surface area (Å²) in [5.41, 5.74) is 2.08. The van der Waals surface area contributed by atoms with Crippen LogP contribution in [0.15, 0.2) is 40.8 Å². The highest BCUT2D eigenvalue weighted by Gasteiger charge is 2.31. The number of carbonyl (C=O) groups excluding carboxylic acids is 1. The molecule has 4 aromatic rings. The molecule has 0 fully saturated rings. The number of rotatable bonds is 8. The van der Waals surface area contributed by atoms with Crippen molar-refractivity contribution in [3.05, 3.63) is 42.0 Å². The highest BCUT2D eigenvalue weighted by Crippen LogP contribution is 2.29. The molecular formula is C20H17F3N4O5. The molecule has 0 radical (unpaired) electrons. The van der Waals surface area contributed by atoms with Crippen molar-refractivity contribution in [1.82, 2.24) is 14.5 Å². The zero-order valence-electron chi connectivity index (χ0n) is 16.6. The van der Waals surface area contributed by atoms with E-state index < -0.39 is 12.1 Å². The highest BCUT2D eigenvalue weighted by atomic mass is 19.4. The first kappa shape index (κ1) is 21.6. The molecular weight excluding hydrogens is 433 g/mol. The van der Waals surface area contributed by atoms with Gasteiger partial charge in [0.15, 0.2) is 11.4 Å². The minimum atomic E-state index is -4.81. The molecule has 168 valence electrons. The van der Waals surface area contributed by atoms with Gasteiger partial charge >= 0.3 is 12.4 Å². The highest BCUT2D eigenvalue weighted by molar-refractivity contribution is 6.00. The fraction of sp³-hybridized carbons (Fsp3) is 0.250. The summed E-state index contributed by atoms with van der Waals surface area (Å²) in [6, 6.07) is 8.57. The number of nitrogens with one attached hydrogen (secondary N) is 1. The third-order valence-corrected chi connectivity index (χ3v) is 4.48. The maximum absolute atomic E-state index is 12.4. The van der Waals surface area contributed by atoms with Gasteiger partial charge in [-0.2, -0.15) is 4.98 Å². The molecule has 0 aliphatic rings. The average Bonchev–Trinajstić information content (AvgIpc) is 3.26. The fourth-order valence-electron chi connectivity index (χ4n) is 3.05. The van der Waals surface area contributed by atoms with E-state index in [4.69, 9.17) is 14.3 Å². The normalized spacial score (nSPS) is 11.9. The Morgan fingerprint density at radius 1 is 1.19 bits per heavy atom. The van der Waals surface area contributed by atoms with E-state index in [0.29, 0.717) is 22.5 Å². The Labute approximate surface area is 178 Å². The number of benzene rings is 2. The smallest absolute Gasteiger partial charge is 0.423 e. The zero-order valence-corrected chi connectivity index (χ0v) is 16.6. The summed E-state index contributed by atoms with van der Waals surface area (Å²) in [6.07, 6.45) is -4.81. The number of hydrogen-bond donors (Lipinski definition) is 2. The van der Waals surface area contributed by atoms with Gasteiger partial charge in [0.05, 0.1) is 24.2 Å². The number of alkyl halides is 3. The summed E-state index contributed by atoms with van der Waals surface area (Å²) in [6.45, 7) is -0.263. The van der Waals surface area contributed by atoms with Gasteiger partial charge in [-0.25, -0.2) is 4.98 Å². The molecule has 2 aromatic heterocycles. The Hall–Kier alpha value is -3.64. The summed E-state index contributed by atoms with van der Waals surface area (Å²) in [7, 11) is 1.74. The number of ketones is 1. The van der Waals surface area contributed by atoms with Gasteiger partial charge in [0.2, 0.25) is 5.95 Å². The Bertz CT molecular complexity index is 1280. The van der Waals surface area contributed by atoms with E-state index >= 15 is 0 Å². The van der Waals surface area contributed by atoms with Gasteiger partial charge in [0.25, 0.3) is 0 Å². The Balaban J connectivity index is 1.56. The van der Waals surface area contributed by atoms with Crippen molar-refractivity contribution < 1.29 is 37.0 Å². The van der Waals surface area contributed by atoms with Gasteiger partial charge in [-0.05, 0) is 30.3 Å². The van der Waals surface area contributed by atoms with E-state index in [1.807, 2.05) is 0 Å². The molecule has 0 aliphatic heterocycles. The summed E-state index contributed by atoms with van der Waals surface area (Å²) in [4.78, 5) is 20.8. The van der Waals surface area contributed by atoms with Crippen molar-refractivity contribution in [2.75, 3.05) is 25.1 Å². The Kier molecular flexibility index (Phi) is 5.72. The van der Waals surface area contributed by atoms with E-state index in [0.717, 1.165) is 17.6 Å². The summed E-state index contributed by atoms with van der Waals surface area (Å²) in [5.74, 6) is -0.327. The average molecular weight is 450 g/mol. The van der Waals surface area contributed by atoms with Crippen LogP contribution in [0.1, 0.15) is 10.4 Å². The molecule has 0 unspecified atom stereocenters. The number of hydrogen-bond acceptors (Lipinski definition) is 8. The minimum Gasteiger partial charge on any atom is -0.423 e. The quantitative estimate of drug-likeness (QED) is 0.310. The first-order valence-corrected chi connectivity index (χ1v) is 9.35. The third kappa shape index (κ3) is 4.65. The van der Waals surface area contributed by atoms with E-state index in [9.17, 15) is 18.0 Å². The largest absolute Gasteiger partial charge is 0.573 e. The summed E-state index contributed by atoms with van der Waals surface area (Å²) < 4.78 is 53.3. The second-order valence-electron chi connectivity index (χ2n) is 6.72. The number of nitrogens with zero attached hydrogens (tertiary/aromatic N) is 3.